The summed E-state index contributed by atoms with van der Waals surface area (Å²) in [7, 11) is 3.94. The van der Waals surface area contributed by atoms with Crippen LogP contribution in [0.3, 0.4) is 0 Å². The number of carbonyl (C=O) groups excluding carboxylic acids is 1. The molecular formula is C29H28Br2N6O. The van der Waals surface area contributed by atoms with Crippen LogP contribution in [0, 0.1) is 0 Å². The highest BCUT2D eigenvalue weighted by atomic mass is 79.9. The Morgan fingerprint density at radius 1 is 0.763 bits per heavy atom. The van der Waals surface area contributed by atoms with Crippen molar-refractivity contribution in [1.82, 2.24) is 9.13 Å². The van der Waals surface area contributed by atoms with Crippen LogP contribution >= 0.6 is 34.0 Å². The highest BCUT2D eigenvalue weighted by Gasteiger charge is 2.06. The van der Waals surface area contributed by atoms with Gasteiger partial charge in [-0.3, -0.25) is 4.79 Å². The van der Waals surface area contributed by atoms with Crippen LogP contribution in [0.15, 0.2) is 114 Å². The number of nitrogen functional groups attached to an aromatic ring is 1. The van der Waals surface area contributed by atoms with E-state index in [-0.39, 0.29) is 39.9 Å². The number of aromatic nitrogens is 2. The summed E-state index contributed by atoms with van der Waals surface area (Å²) in [5, 5.41) is 5.65. The summed E-state index contributed by atoms with van der Waals surface area (Å²) >= 11 is 0. The number of carbonyl (C=O) groups is 1. The molecule has 5 rings (SSSR count). The number of aryl methyl sites for hydroxylation is 2. The Balaban J connectivity index is 0.00000200. The lowest BCUT2D eigenvalue weighted by Crippen LogP contribution is -2.11. The highest BCUT2D eigenvalue weighted by Crippen LogP contribution is 2.19. The summed E-state index contributed by atoms with van der Waals surface area (Å²) in [6.45, 7) is 0. The summed E-state index contributed by atoms with van der Waals surface area (Å²) < 4.78 is 3.97. The average molecular weight is 636 g/mol. The van der Waals surface area contributed by atoms with E-state index in [0.717, 1.165) is 33.0 Å². The standard InChI is InChI=1S/C29H26N6O.2BrH/c1-34-16-13-25(14-17-34)31-22-8-10-24(11-9-22)33-29(36)20-3-6-23(7-4-20)32-27-15-18-35(2)28-19-21(30)5-12-26(27)28;;/h3-19H,30H2,1-2H3,(H,33,36);2*1H. The molecule has 7 nitrogen and oxygen atoms in total. The minimum atomic E-state index is -0.186. The highest BCUT2D eigenvalue weighted by molar-refractivity contribution is 8.93. The molecule has 3 aromatic carbocycles. The normalized spacial score (nSPS) is 10.8. The number of halogens is 2. The van der Waals surface area contributed by atoms with Crippen LogP contribution in [0.5, 0.6) is 0 Å². The fourth-order valence-corrected chi connectivity index (χ4v) is 3.87. The topological polar surface area (TPSA) is 89.7 Å². The maximum Gasteiger partial charge on any atom is 0.255 e. The Kier molecular flexibility index (Phi) is 9.44. The van der Waals surface area contributed by atoms with Crippen LogP contribution in [0.25, 0.3) is 10.9 Å². The molecule has 0 aliphatic carbocycles. The van der Waals surface area contributed by atoms with E-state index >= 15 is 0 Å². The maximum absolute atomic E-state index is 12.8. The quantitative estimate of drug-likeness (QED) is 0.238. The number of anilines is 2. The van der Waals surface area contributed by atoms with Crippen LogP contribution in [0.4, 0.5) is 22.7 Å². The molecule has 0 fully saturated rings. The molecule has 2 heterocycles. The number of nitrogens with two attached hydrogens (primary N) is 1. The average Bonchev–Trinajstić information content (AvgIpc) is 2.89. The monoisotopic (exact) mass is 634 g/mol. The van der Waals surface area contributed by atoms with E-state index < -0.39 is 0 Å². The van der Waals surface area contributed by atoms with Gasteiger partial charge in [0.25, 0.3) is 5.91 Å². The van der Waals surface area contributed by atoms with E-state index in [4.69, 9.17) is 10.7 Å². The summed E-state index contributed by atoms with van der Waals surface area (Å²) in [6, 6.07) is 26.3. The number of pyridine rings is 2. The lowest BCUT2D eigenvalue weighted by molar-refractivity contribution is 0.102. The molecule has 2 aromatic heterocycles. The number of hydrogen-bond donors (Lipinski definition) is 2. The second-order valence-electron chi connectivity index (χ2n) is 8.58. The van der Waals surface area contributed by atoms with Gasteiger partial charge < -0.3 is 20.2 Å². The largest absolute Gasteiger partial charge is 0.399 e. The van der Waals surface area contributed by atoms with E-state index in [1.54, 1.807) is 12.1 Å². The van der Waals surface area contributed by atoms with Crippen LogP contribution in [0.1, 0.15) is 10.4 Å². The van der Waals surface area contributed by atoms with E-state index in [1.165, 1.54) is 0 Å². The second kappa shape index (κ2) is 12.5. The lowest BCUT2D eigenvalue weighted by atomic mass is 10.1. The molecule has 0 aliphatic rings. The Morgan fingerprint density at radius 3 is 2.08 bits per heavy atom. The molecule has 9 heteroatoms. The fourth-order valence-electron chi connectivity index (χ4n) is 3.87. The van der Waals surface area contributed by atoms with Crippen molar-refractivity contribution in [3.63, 3.8) is 0 Å². The van der Waals surface area contributed by atoms with Crippen molar-refractivity contribution in [1.29, 1.82) is 0 Å². The number of benzene rings is 3. The van der Waals surface area contributed by atoms with E-state index in [9.17, 15) is 4.79 Å². The summed E-state index contributed by atoms with van der Waals surface area (Å²) in [5.41, 5.74) is 10.5. The first-order valence-electron chi connectivity index (χ1n) is 11.5. The smallest absolute Gasteiger partial charge is 0.255 e. The van der Waals surface area contributed by atoms with Crippen LogP contribution < -0.4 is 21.8 Å². The van der Waals surface area contributed by atoms with Crippen LogP contribution in [-0.2, 0) is 14.1 Å². The van der Waals surface area contributed by atoms with Crippen molar-refractivity contribution in [2.45, 2.75) is 0 Å². The Labute approximate surface area is 241 Å². The first-order valence-corrected chi connectivity index (χ1v) is 11.5. The molecule has 0 saturated carbocycles. The Morgan fingerprint density at radius 2 is 1.39 bits per heavy atom. The van der Waals surface area contributed by atoms with Gasteiger partial charge in [-0.15, -0.1) is 34.0 Å². The van der Waals surface area contributed by atoms with Gasteiger partial charge in [0, 0.05) is 55.0 Å². The molecule has 194 valence electrons. The zero-order valence-electron chi connectivity index (χ0n) is 20.9. The predicted octanol–water partition coefficient (Wildman–Crippen LogP) is 5.97. The van der Waals surface area contributed by atoms with Gasteiger partial charge in [-0.05, 0) is 84.9 Å². The van der Waals surface area contributed by atoms with E-state index in [1.807, 2.05) is 115 Å². The first kappa shape index (κ1) is 28.6. The number of rotatable bonds is 4. The van der Waals surface area contributed by atoms with Crippen LogP contribution in [-0.4, -0.2) is 15.0 Å². The van der Waals surface area contributed by atoms with Gasteiger partial charge in [0.2, 0.25) is 0 Å². The number of amides is 1. The Bertz CT molecular complexity index is 1680. The third-order valence-corrected chi connectivity index (χ3v) is 5.86. The summed E-state index contributed by atoms with van der Waals surface area (Å²) in [6.07, 6.45) is 5.86. The minimum absolute atomic E-state index is 0. The van der Waals surface area contributed by atoms with Crippen molar-refractivity contribution in [2.75, 3.05) is 11.1 Å². The molecule has 0 radical (unpaired) electrons. The van der Waals surface area contributed by atoms with Crippen molar-refractivity contribution in [3.8, 4) is 0 Å². The zero-order chi connectivity index (χ0) is 25.1. The van der Waals surface area contributed by atoms with Crippen molar-refractivity contribution >= 4 is 73.5 Å². The number of nitrogens with zero attached hydrogens (tertiary/aromatic N) is 4. The van der Waals surface area contributed by atoms with E-state index in [0.29, 0.717) is 16.9 Å². The molecule has 1 amide bonds. The van der Waals surface area contributed by atoms with Crippen LogP contribution in [0.2, 0.25) is 0 Å². The summed E-state index contributed by atoms with van der Waals surface area (Å²) in [4.78, 5) is 22.1. The zero-order valence-corrected chi connectivity index (χ0v) is 24.3. The molecule has 0 bridgehead atoms. The number of nitrogens with one attached hydrogen (secondary N) is 1. The van der Waals surface area contributed by atoms with Crippen molar-refractivity contribution in [3.05, 3.63) is 120 Å². The van der Waals surface area contributed by atoms with Gasteiger partial charge in [0.05, 0.1) is 27.6 Å². The van der Waals surface area contributed by atoms with Gasteiger partial charge in [-0.25, -0.2) is 9.98 Å². The first-order chi connectivity index (χ1) is 17.4. The molecule has 5 aromatic rings. The molecule has 3 N–H and O–H groups in total. The predicted molar refractivity (Wildman–Crippen MR) is 165 cm³/mol. The molecular weight excluding hydrogens is 608 g/mol. The molecule has 38 heavy (non-hydrogen) atoms. The maximum atomic E-state index is 12.8. The molecule has 0 spiro atoms. The van der Waals surface area contributed by atoms with Gasteiger partial charge >= 0.3 is 0 Å². The molecule has 0 aliphatic heterocycles. The van der Waals surface area contributed by atoms with E-state index in [2.05, 4.69) is 10.3 Å². The van der Waals surface area contributed by atoms with Gasteiger partial charge in [0.1, 0.15) is 0 Å². The van der Waals surface area contributed by atoms with Crippen molar-refractivity contribution < 1.29 is 4.79 Å². The second-order valence-corrected chi connectivity index (χ2v) is 8.58. The molecule has 0 unspecified atom stereocenters. The number of hydrogen-bond acceptors (Lipinski definition) is 4. The van der Waals surface area contributed by atoms with Gasteiger partial charge in [-0.1, -0.05) is 0 Å². The minimum Gasteiger partial charge on any atom is -0.399 e. The molecule has 0 atom stereocenters. The summed E-state index contributed by atoms with van der Waals surface area (Å²) in [5.74, 6) is -0.186. The number of fused-ring (bicyclic) bond motifs is 1. The van der Waals surface area contributed by atoms with Gasteiger partial charge in [-0.2, -0.15) is 0 Å². The molecule has 0 saturated heterocycles. The van der Waals surface area contributed by atoms with Gasteiger partial charge in [0.15, 0.2) is 0 Å². The fraction of sp³-hybridized carbons (Fsp3) is 0.0690. The third-order valence-electron chi connectivity index (χ3n) is 5.86. The Hall–Kier alpha value is -3.95. The van der Waals surface area contributed by atoms with Crippen molar-refractivity contribution in [2.24, 2.45) is 24.1 Å². The SMILES string of the molecule is Br.Br.Cn1ccc(=Nc2ccc(NC(=O)c3ccc(N=c4ccn(C)c5cc(N)ccc45)cc3)cc2)cc1. The lowest BCUT2D eigenvalue weighted by Gasteiger charge is -2.07. The third kappa shape index (κ3) is 6.67.